The largest absolute Gasteiger partial charge is 0.598 e. The fourth-order valence-electron chi connectivity index (χ4n) is 6.90. The van der Waals surface area contributed by atoms with Gasteiger partial charge < -0.3 is 24.3 Å². The van der Waals surface area contributed by atoms with Gasteiger partial charge in [-0.25, -0.2) is 9.37 Å². The van der Waals surface area contributed by atoms with Crippen molar-refractivity contribution in [2.24, 2.45) is 0 Å². The highest BCUT2D eigenvalue weighted by molar-refractivity contribution is 7.90. The normalized spacial score (nSPS) is 25.7. The van der Waals surface area contributed by atoms with E-state index in [9.17, 15) is 36.4 Å². The molecule has 0 radical (unpaired) electrons. The fraction of sp³-hybridized carbons (Fsp3) is 0.406. The van der Waals surface area contributed by atoms with Crippen molar-refractivity contribution < 1.29 is 45.5 Å². The van der Waals surface area contributed by atoms with Gasteiger partial charge in [-0.3, -0.25) is 9.78 Å². The van der Waals surface area contributed by atoms with E-state index in [1.165, 1.54) is 24.4 Å². The van der Waals surface area contributed by atoms with Crippen molar-refractivity contribution in [2.45, 2.75) is 80.8 Å². The van der Waals surface area contributed by atoms with Gasteiger partial charge in [-0.1, -0.05) is 12.1 Å². The molecule has 2 aliphatic heterocycles. The van der Waals surface area contributed by atoms with Crippen molar-refractivity contribution in [3.8, 4) is 16.9 Å². The third-order valence-corrected chi connectivity index (χ3v) is 10.8. The highest BCUT2D eigenvalue weighted by atomic mass is 32.2. The highest BCUT2D eigenvalue weighted by Crippen LogP contribution is 2.56. The molecular formula is C32H29F6N5O4S. The van der Waals surface area contributed by atoms with Gasteiger partial charge in [0.2, 0.25) is 0 Å². The standard InChI is InChI=1S/C32H29F6N5O4S/c1-29(2,3)48(46)42-30(13-31(45,14-30)32(36,37)38)25-18(33)9-16(12-39-25)15-7-8-19-21(10-15)43-22-11-20(26(43)40-19)41-27(44)17-5-4-6-23(24(17)22)47-28(34)35/h4-10,12,20,22,28,42,45H,11,13-14H2,1-3H3,(H,41,44)/t20-,22-,30?,31?,48-/m1/s1. The van der Waals surface area contributed by atoms with Crippen molar-refractivity contribution in [2.75, 3.05) is 0 Å². The number of carbonyl (C=O) groups excluding carboxylic acids is 1. The minimum atomic E-state index is -4.99. The van der Waals surface area contributed by atoms with Crippen LogP contribution in [0, 0.1) is 5.82 Å². The first-order chi connectivity index (χ1) is 22.4. The molecule has 2 aromatic heterocycles. The number of rotatable bonds is 6. The second kappa shape index (κ2) is 10.8. The van der Waals surface area contributed by atoms with E-state index in [0.29, 0.717) is 28.8 Å². The molecule has 2 aromatic carbocycles. The van der Waals surface area contributed by atoms with Crippen LogP contribution in [0.25, 0.3) is 22.2 Å². The summed E-state index contributed by atoms with van der Waals surface area (Å²) in [7, 11) is 0. The summed E-state index contributed by atoms with van der Waals surface area (Å²) < 4.78 is 105. The molecule has 3 N–H and O–H groups in total. The lowest BCUT2D eigenvalue weighted by Crippen LogP contribution is -2.69. The van der Waals surface area contributed by atoms with E-state index >= 15 is 4.39 Å². The van der Waals surface area contributed by atoms with Gasteiger partial charge in [0.25, 0.3) is 5.91 Å². The van der Waals surface area contributed by atoms with Crippen LogP contribution in [-0.2, 0) is 16.9 Å². The number of benzene rings is 2. The zero-order valence-electron chi connectivity index (χ0n) is 25.7. The number of carbonyl (C=O) groups is 1. The number of aromatic nitrogens is 3. The third kappa shape index (κ3) is 5.11. The zero-order chi connectivity index (χ0) is 34.6. The molecule has 1 saturated carbocycles. The lowest BCUT2D eigenvalue weighted by Gasteiger charge is -2.53. The lowest BCUT2D eigenvalue weighted by molar-refractivity contribution is -0.306. The van der Waals surface area contributed by atoms with E-state index in [2.05, 4.69) is 15.0 Å². The van der Waals surface area contributed by atoms with Crippen molar-refractivity contribution >= 4 is 28.3 Å². The molecule has 1 amide bonds. The van der Waals surface area contributed by atoms with Crippen LogP contribution in [0.4, 0.5) is 26.3 Å². The Bertz CT molecular complexity index is 1950. The summed E-state index contributed by atoms with van der Waals surface area (Å²) in [4.78, 5) is 21.9. The molecule has 4 heterocycles. The smallest absolute Gasteiger partial charge is 0.417 e. The van der Waals surface area contributed by atoms with Crippen molar-refractivity contribution in [3.05, 3.63) is 77.1 Å². The number of imidazole rings is 1. The number of amides is 1. The predicted molar refractivity (Wildman–Crippen MR) is 162 cm³/mol. The van der Waals surface area contributed by atoms with Crippen LogP contribution in [0.5, 0.6) is 5.75 Å². The molecule has 48 heavy (non-hydrogen) atoms. The Morgan fingerprint density at radius 1 is 1.15 bits per heavy atom. The molecule has 254 valence electrons. The molecule has 0 unspecified atom stereocenters. The number of halogens is 6. The monoisotopic (exact) mass is 693 g/mol. The van der Waals surface area contributed by atoms with E-state index in [1.54, 1.807) is 39.0 Å². The number of fused-ring (bicyclic) bond motifs is 9. The van der Waals surface area contributed by atoms with Gasteiger partial charge in [-0.05, 0) is 63.1 Å². The summed E-state index contributed by atoms with van der Waals surface area (Å²) in [6, 6.07) is 9.35. The molecule has 7 rings (SSSR count). The van der Waals surface area contributed by atoms with Crippen molar-refractivity contribution in [1.82, 2.24) is 24.6 Å². The highest BCUT2D eigenvalue weighted by Gasteiger charge is 2.70. The van der Waals surface area contributed by atoms with E-state index in [1.807, 2.05) is 4.57 Å². The van der Waals surface area contributed by atoms with Gasteiger partial charge in [0.05, 0.1) is 23.1 Å². The number of alkyl halides is 5. The summed E-state index contributed by atoms with van der Waals surface area (Å²) in [5.74, 6) is -1.05. The van der Waals surface area contributed by atoms with Gasteiger partial charge in [0.1, 0.15) is 33.4 Å². The maximum absolute atomic E-state index is 15.9. The first-order valence-electron chi connectivity index (χ1n) is 15.0. The first-order valence-corrected chi connectivity index (χ1v) is 16.1. The van der Waals surface area contributed by atoms with E-state index in [0.717, 1.165) is 6.07 Å². The van der Waals surface area contributed by atoms with Gasteiger partial charge in [0.15, 0.2) is 5.60 Å². The summed E-state index contributed by atoms with van der Waals surface area (Å²) in [6.45, 7) is 1.68. The molecular weight excluding hydrogens is 664 g/mol. The molecule has 4 aromatic rings. The van der Waals surface area contributed by atoms with E-state index < -0.39 is 82.4 Å². The van der Waals surface area contributed by atoms with Crippen molar-refractivity contribution in [3.63, 3.8) is 0 Å². The number of nitrogens with zero attached hydrogens (tertiary/aromatic N) is 3. The number of ether oxygens (including phenoxy) is 1. The lowest BCUT2D eigenvalue weighted by atomic mass is 9.63. The van der Waals surface area contributed by atoms with Gasteiger partial charge in [-0.2, -0.15) is 22.0 Å². The Balaban J connectivity index is 1.28. The molecule has 2 bridgehead atoms. The number of pyridine rings is 1. The molecule has 16 heteroatoms. The maximum atomic E-state index is 15.9. The summed E-state index contributed by atoms with van der Waals surface area (Å²) >= 11 is -1.93. The summed E-state index contributed by atoms with van der Waals surface area (Å²) in [5.41, 5.74) is -3.10. The third-order valence-electron chi connectivity index (χ3n) is 9.15. The Kier molecular flexibility index (Phi) is 7.37. The van der Waals surface area contributed by atoms with Crippen LogP contribution in [0.1, 0.15) is 79.6 Å². The minimum absolute atomic E-state index is 0.139. The first kappa shape index (κ1) is 32.7. The number of hydrogen-bond donors (Lipinski definition) is 3. The van der Waals surface area contributed by atoms with Crippen LogP contribution < -0.4 is 14.8 Å². The molecule has 9 nitrogen and oxygen atoms in total. The summed E-state index contributed by atoms with van der Waals surface area (Å²) in [6.07, 6.45) is -5.36. The zero-order valence-corrected chi connectivity index (χ0v) is 26.5. The van der Waals surface area contributed by atoms with Gasteiger partial charge >= 0.3 is 12.8 Å². The quantitative estimate of drug-likeness (QED) is 0.169. The average molecular weight is 694 g/mol. The second-order valence-electron chi connectivity index (χ2n) is 13.4. The molecule has 3 aliphatic rings. The molecule has 0 saturated heterocycles. The average Bonchev–Trinajstić information content (AvgIpc) is 3.46. The summed E-state index contributed by atoms with van der Waals surface area (Å²) in [5, 5.41) is 13.2. The van der Waals surface area contributed by atoms with Crippen LogP contribution in [0.3, 0.4) is 0 Å². The van der Waals surface area contributed by atoms with Gasteiger partial charge in [0, 0.05) is 47.1 Å². The second-order valence-corrected chi connectivity index (χ2v) is 15.4. The van der Waals surface area contributed by atoms with E-state index in [-0.39, 0.29) is 22.4 Å². The Morgan fingerprint density at radius 2 is 1.88 bits per heavy atom. The van der Waals surface area contributed by atoms with Crippen molar-refractivity contribution in [1.29, 1.82) is 0 Å². The number of hydrogen-bond acceptors (Lipinski definition) is 7. The molecule has 3 atom stereocenters. The Labute approximate surface area is 273 Å². The van der Waals surface area contributed by atoms with E-state index in [4.69, 9.17) is 9.72 Å². The topological polar surface area (TPSA) is 124 Å². The Hall–Kier alpha value is -3.86. The molecule has 1 aliphatic carbocycles. The number of aliphatic hydroxyl groups is 1. The Morgan fingerprint density at radius 3 is 2.52 bits per heavy atom. The fourth-order valence-corrected chi connectivity index (χ4v) is 7.81. The predicted octanol–water partition coefficient (Wildman–Crippen LogP) is 5.95. The maximum Gasteiger partial charge on any atom is 0.417 e. The SMILES string of the molecule is CC(C)(C)[S@@+]([O-])NC1(c2ncc(-c3ccc4nc5n(c4c3)[C@@H]3C[C@H]5NC(=O)c4cccc(OC(F)F)c43)cc2F)CC(O)(C(F)(F)F)C1. The van der Waals surface area contributed by atoms with Crippen LogP contribution in [-0.4, -0.2) is 53.2 Å². The number of nitrogens with one attached hydrogen (secondary N) is 2. The van der Waals surface area contributed by atoms with Crippen LogP contribution >= 0.6 is 0 Å². The van der Waals surface area contributed by atoms with Gasteiger partial charge in [-0.15, -0.1) is 4.72 Å². The van der Waals surface area contributed by atoms with Crippen LogP contribution in [0.15, 0.2) is 48.7 Å². The molecule has 1 fully saturated rings. The van der Waals surface area contributed by atoms with Crippen LogP contribution in [0.2, 0.25) is 0 Å². The molecule has 0 spiro atoms. The minimum Gasteiger partial charge on any atom is -0.598 e.